The number of piperidine rings is 1. The van der Waals surface area contributed by atoms with Crippen molar-refractivity contribution in [3.8, 4) is 5.75 Å². The Morgan fingerprint density at radius 1 is 1.00 bits per heavy atom. The Hall–Kier alpha value is -2.18. The van der Waals surface area contributed by atoms with Gasteiger partial charge in [0.15, 0.2) is 0 Å². The van der Waals surface area contributed by atoms with E-state index in [0.29, 0.717) is 18.8 Å². The fourth-order valence-electron chi connectivity index (χ4n) is 3.44. The standard InChI is InChI=1S/C22H28ClN3O6S2/c1-25(2)33(28,29)18-8-6-17(7-9-18)32-15-12-24-22(27)20-16-19(10-11-21(20)23)34(30,31)26-13-4-3-5-14-26/h6-11,16H,3-5,12-15H2,1-2H3,(H,24,27). The van der Waals surface area contributed by atoms with Crippen molar-refractivity contribution in [3.63, 3.8) is 0 Å². The van der Waals surface area contributed by atoms with Crippen molar-refractivity contribution in [2.45, 2.75) is 29.1 Å². The third-order valence-electron chi connectivity index (χ3n) is 5.39. The molecule has 0 bridgehead atoms. The highest BCUT2D eigenvalue weighted by molar-refractivity contribution is 7.89. The van der Waals surface area contributed by atoms with Gasteiger partial charge in [-0.2, -0.15) is 4.31 Å². The topological polar surface area (TPSA) is 113 Å². The molecule has 34 heavy (non-hydrogen) atoms. The molecule has 0 spiro atoms. The molecule has 1 aliphatic heterocycles. The van der Waals surface area contributed by atoms with Crippen LogP contribution in [0.4, 0.5) is 0 Å². The van der Waals surface area contributed by atoms with Crippen molar-refractivity contribution < 1.29 is 26.4 Å². The average molecular weight is 530 g/mol. The average Bonchev–Trinajstić information content (AvgIpc) is 2.82. The highest BCUT2D eigenvalue weighted by atomic mass is 35.5. The Balaban J connectivity index is 1.58. The molecule has 3 rings (SSSR count). The van der Waals surface area contributed by atoms with E-state index in [1.165, 1.54) is 60.9 Å². The SMILES string of the molecule is CN(C)S(=O)(=O)c1ccc(OCCNC(=O)c2cc(S(=O)(=O)N3CCCCC3)ccc2Cl)cc1. The predicted octanol–water partition coefficient (Wildman–Crippen LogP) is 2.57. The lowest BCUT2D eigenvalue weighted by Gasteiger charge is -2.26. The van der Waals surface area contributed by atoms with Crippen LogP contribution in [0.3, 0.4) is 0 Å². The lowest BCUT2D eigenvalue weighted by Crippen LogP contribution is -2.35. The number of halogens is 1. The molecule has 0 aliphatic carbocycles. The molecule has 0 radical (unpaired) electrons. The Bertz CT molecular complexity index is 1230. The van der Waals surface area contributed by atoms with E-state index in [1.54, 1.807) is 0 Å². The largest absolute Gasteiger partial charge is 0.492 e. The normalized spacial score (nSPS) is 15.3. The van der Waals surface area contributed by atoms with Gasteiger partial charge in [-0.05, 0) is 55.3 Å². The molecule has 1 saturated heterocycles. The summed E-state index contributed by atoms with van der Waals surface area (Å²) in [4.78, 5) is 12.8. The van der Waals surface area contributed by atoms with Crippen LogP contribution >= 0.6 is 11.6 Å². The van der Waals surface area contributed by atoms with Gasteiger partial charge in [-0.1, -0.05) is 18.0 Å². The predicted molar refractivity (Wildman–Crippen MR) is 129 cm³/mol. The third kappa shape index (κ3) is 6.08. The Morgan fingerprint density at radius 3 is 2.24 bits per heavy atom. The molecule has 0 aromatic heterocycles. The first-order valence-electron chi connectivity index (χ1n) is 10.8. The van der Waals surface area contributed by atoms with Gasteiger partial charge in [-0.3, -0.25) is 4.79 Å². The summed E-state index contributed by atoms with van der Waals surface area (Å²) in [5.74, 6) is -0.0728. The summed E-state index contributed by atoms with van der Waals surface area (Å²) in [6, 6.07) is 10.1. The molecule has 1 amide bonds. The molecule has 0 unspecified atom stereocenters. The molecule has 0 saturated carbocycles. The summed E-state index contributed by atoms with van der Waals surface area (Å²) in [6.07, 6.45) is 2.63. The van der Waals surface area contributed by atoms with Gasteiger partial charge in [-0.25, -0.2) is 21.1 Å². The maximum atomic E-state index is 12.9. The number of hydrogen-bond donors (Lipinski definition) is 1. The first-order valence-corrected chi connectivity index (χ1v) is 14.0. The van der Waals surface area contributed by atoms with Gasteiger partial charge in [0.05, 0.1) is 26.9 Å². The molecular formula is C22H28ClN3O6S2. The van der Waals surface area contributed by atoms with Gasteiger partial charge in [0.2, 0.25) is 20.0 Å². The van der Waals surface area contributed by atoms with Crippen molar-refractivity contribution >= 4 is 37.6 Å². The van der Waals surface area contributed by atoms with Crippen LogP contribution in [0, 0.1) is 0 Å². The van der Waals surface area contributed by atoms with E-state index in [4.69, 9.17) is 16.3 Å². The minimum absolute atomic E-state index is 0.0352. The van der Waals surface area contributed by atoms with Crippen molar-refractivity contribution in [1.82, 2.24) is 13.9 Å². The van der Waals surface area contributed by atoms with E-state index >= 15 is 0 Å². The summed E-state index contributed by atoms with van der Waals surface area (Å²) in [5.41, 5.74) is 0.0676. The second-order valence-corrected chi connectivity index (χ2v) is 12.5. The maximum absolute atomic E-state index is 12.9. The zero-order chi connectivity index (χ0) is 24.9. The fraction of sp³-hybridized carbons (Fsp3) is 0.409. The lowest BCUT2D eigenvalue weighted by atomic mass is 10.2. The number of hydrogen-bond acceptors (Lipinski definition) is 6. The van der Waals surface area contributed by atoms with E-state index in [-0.39, 0.29) is 33.5 Å². The van der Waals surface area contributed by atoms with E-state index in [1.807, 2.05) is 0 Å². The van der Waals surface area contributed by atoms with Crippen LogP contribution in [-0.4, -0.2) is 71.7 Å². The monoisotopic (exact) mass is 529 g/mol. The number of nitrogens with zero attached hydrogens (tertiary/aromatic N) is 2. The van der Waals surface area contributed by atoms with Gasteiger partial charge in [0.1, 0.15) is 12.4 Å². The molecule has 186 valence electrons. The minimum atomic E-state index is -3.69. The fourth-order valence-corrected chi connectivity index (χ4v) is 6.09. The van der Waals surface area contributed by atoms with Gasteiger partial charge in [-0.15, -0.1) is 0 Å². The zero-order valence-corrected chi connectivity index (χ0v) is 21.4. The highest BCUT2D eigenvalue weighted by Gasteiger charge is 2.27. The van der Waals surface area contributed by atoms with E-state index < -0.39 is 26.0 Å². The van der Waals surface area contributed by atoms with Crippen LogP contribution < -0.4 is 10.1 Å². The quantitative estimate of drug-likeness (QED) is 0.499. The van der Waals surface area contributed by atoms with E-state index in [9.17, 15) is 21.6 Å². The molecule has 1 aliphatic rings. The van der Waals surface area contributed by atoms with Crippen molar-refractivity contribution in [3.05, 3.63) is 53.1 Å². The van der Waals surface area contributed by atoms with Gasteiger partial charge in [0, 0.05) is 27.2 Å². The number of amides is 1. The van der Waals surface area contributed by atoms with Crippen LogP contribution in [-0.2, 0) is 20.0 Å². The molecule has 2 aromatic carbocycles. The number of carbonyl (C=O) groups is 1. The van der Waals surface area contributed by atoms with Crippen LogP contribution in [0.5, 0.6) is 5.75 Å². The highest BCUT2D eigenvalue weighted by Crippen LogP contribution is 2.25. The summed E-state index contributed by atoms with van der Waals surface area (Å²) in [5, 5.41) is 2.81. The third-order valence-corrected chi connectivity index (χ3v) is 9.45. The smallest absolute Gasteiger partial charge is 0.252 e. The van der Waals surface area contributed by atoms with Crippen LogP contribution in [0.25, 0.3) is 0 Å². The molecular weight excluding hydrogens is 502 g/mol. The van der Waals surface area contributed by atoms with Gasteiger partial charge in [0.25, 0.3) is 5.91 Å². The molecule has 9 nitrogen and oxygen atoms in total. The Kier molecular flexibility index (Phi) is 8.58. The zero-order valence-electron chi connectivity index (χ0n) is 19.0. The van der Waals surface area contributed by atoms with Gasteiger partial charge < -0.3 is 10.1 Å². The summed E-state index contributed by atoms with van der Waals surface area (Å²) in [6.45, 7) is 1.18. The molecule has 2 aromatic rings. The number of sulfonamides is 2. The number of benzene rings is 2. The molecule has 12 heteroatoms. The second kappa shape index (κ2) is 11.0. The van der Waals surface area contributed by atoms with E-state index in [2.05, 4.69) is 5.32 Å². The summed E-state index contributed by atoms with van der Waals surface area (Å²) in [7, 11) is -4.31. The number of rotatable bonds is 9. The first-order chi connectivity index (χ1) is 16.0. The minimum Gasteiger partial charge on any atom is -0.492 e. The molecule has 1 N–H and O–H groups in total. The second-order valence-electron chi connectivity index (χ2n) is 7.97. The summed E-state index contributed by atoms with van der Waals surface area (Å²) < 4.78 is 58.1. The van der Waals surface area contributed by atoms with Crippen molar-refractivity contribution in [2.75, 3.05) is 40.3 Å². The number of nitrogens with one attached hydrogen (secondary N) is 1. The van der Waals surface area contributed by atoms with Crippen molar-refractivity contribution in [1.29, 1.82) is 0 Å². The van der Waals surface area contributed by atoms with Crippen LogP contribution in [0.1, 0.15) is 29.6 Å². The number of ether oxygens (including phenoxy) is 1. The van der Waals surface area contributed by atoms with Crippen LogP contribution in [0.15, 0.2) is 52.3 Å². The van der Waals surface area contributed by atoms with E-state index in [0.717, 1.165) is 23.6 Å². The molecule has 1 heterocycles. The number of carbonyl (C=O) groups excluding carboxylic acids is 1. The summed E-state index contributed by atoms with van der Waals surface area (Å²) >= 11 is 6.16. The van der Waals surface area contributed by atoms with Crippen molar-refractivity contribution in [2.24, 2.45) is 0 Å². The lowest BCUT2D eigenvalue weighted by molar-refractivity contribution is 0.0947. The van der Waals surface area contributed by atoms with Crippen LogP contribution in [0.2, 0.25) is 5.02 Å². The maximum Gasteiger partial charge on any atom is 0.252 e. The first kappa shape index (κ1) is 26.4. The molecule has 0 atom stereocenters. The molecule has 1 fully saturated rings. The van der Waals surface area contributed by atoms with Gasteiger partial charge >= 0.3 is 0 Å². The Labute approximate surface area is 205 Å². The Morgan fingerprint density at radius 2 is 1.62 bits per heavy atom.